The first kappa shape index (κ1) is 13.6. The van der Waals surface area contributed by atoms with E-state index in [9.17, 15) is 9.18 Å². The number of allylic oxidation sites excluding steroid dienone is 4. The molecule has 1 spiro atoms. The first-order chi connectivity index (χ1) is 9.10. The van der Waals surface area contributed by atoms with Crippen LogP contribution in [0.1, 0.15) is 19.8 Å². The largest absolute Gasteiger partial charge is 0.343 e. The molecule has 102 valence electrons. The summed E-state index contributed by atoms with van der Waals surface area (Å²) >= 11 is 0. The average molecular weight is 263 g/mol. The summed E-state index contributed by atoms with van der Waals surface area (Å²) in [5.41, 5.74) is 0.345. The molecule has 0 saturated carbocycles. The zero-order valence-electron chi connectivity index (χ0n) is 11.0. The Morgan fingerprint density at radius 1 is 1.47 bits per heavy atom. The molecular weight excluding hydrogens is 245 g/mol. The Labute approximate surface area is 112 Å². The lowest BCUT2D eigenvalue weighted by Gasteiger charge is -2.40. The van der Waals surface area contributed by atoms with Crippen molar-refractivity contribution in [1.82, 2.24) is 15.5 Å². The standard InChI is InChI=1S/C14H18FN3O/c1-3-12(15)5-4-11(2)18-10-17-13(19)14(18)6-8-16-9-7-14/h1,4-5,16H,6-10H2,2H3,(H,17,19)/b11-4+,12-5+. The fourth-order valence-electron chi connectivity index (χ4n) is 2.72. The zero-order chi connectivity index (χ0) is 13.9. The molecule has 2 aliphatic rings. The van der Waals surface area contributed by atoms with Crippen molar-refractivity contribution in [1.29, 1.82) is 0 Å². The van der Waals surface area contributed by atoms with Gasteiger partial charge in [-0.15, -0.1) is 6.42 Å². The van der Waals surface area contributed by atoms with Crippen molar-refractivity contribution in [3.8, 4) is 12.3 Å². The third-order valence-electron chi connectivity index (χ3n) is 3.80. The number of amides is 1. The number of hydrogen-bond acceptors (Lipinski definition) is 3. The highest BCUT2D eigenvalue weighted by molar-refractivity contribution is 5.88. The van der Waals surface area contributed by atoms with Crippen molar-refractivity contribution >= 4 is 5.91 Å². The van der Waals surface area contributed by atoms with Crippen molar-refractivity contribution < 1.29 is 9.18 Å². The van der Waals surface area contributed by atoms with Crippen LogP contribution >= 0.6 is 0 Å². The summed E-state index contributed by atoms with van der Waals surface area (Å²) in [5, 5.41) is 6.13. The van der Waals surface area contributed by atoms with Gasteiger partial charge in [0.25, 0.3) is 0 Å². The van der Waals surface area contributed by atoms with E-state index in [-0.39, 0.29) is 5.91 Å². The SMILES string of the molecule is C#C/C(F)=C\C=C(/C)N1CNC(=O)C12CCNCC2. The second-order valence-corrected chi connectivity index (χ2v) is 4.84. The van der Waals surface area contributed by atoms with E-state index < -0.39 is 11.4 Å². The van der Waals surface area contributed by atoms with Crippen molar-refractivity contribution in [2.24, 2.45) is 0 Å². The summed E-state index contributed by atoms with van der Waals surface area (Å²) in [6.45, 7) is 3.95. The van der Waals surface area contributed by atoms with Gasteiger partial charge in [0.1, 0.15) is 5.54 Å². The van der Waals surface area contributed by atoms with E-state index in [4.69, 9.17) is 6.42 Å². The lowest BCUT2D eigenvalue weighted by atomic mass is 9.86. The van der Waals surface area contributed by atoms with E-state index in [0.717, 1.165) is 31.6 Å². The van der Waals surface area contributed by atoms with Crippen LogP contribution in [0.3, 0.4) is 0 Å². The molecule has 0 aromatic rings. The first-order valence-electron chi connectivity index (χ1n) is 6.37. The fraction of sp³-hybridized carbons (Fsp3) is 0.500. The number of piperidine rings is 1. The minimum atomic E-state index is -0.614. The predicted octanol–water partition coefficient (Wildman–Crippen LogP) is 0.888. The van der Waals surface area contributed by atoms with Gasteiger partial charge in [-0.25, -0.2) is 0 Å². The monoisotopic (exact) mass is 263 g/mol. The zero-order valence-corrected chi connectivity index (χ0v) is 11.0. The highest BCUT2D eigenvalue weighted by Gasteiger charge is 2.48. The van der Waals surface area contributed by atoms with Crippen LogP contribution in [-0.2, 0) is 4.79 Å². The van der Waals surface area contributed by atoms with E-state index >= 15 is 0 Å². The number of carbonyl (C=O) groups excluding carboxylic acids is 1. The number of terminal acetylenes is 1. The fourth-order valence-corrected chi connectivity index (χ4v) is 2.72. The highest BCUT2D eigenvalue weighted by atomic mass is 19.1. The van der Waals surface area contributed by atoms with E-state index in [1.54, 1.807) is 6.08 Å². The molecule has 5 heteroatoms. The minimum Gasteiger partial charge on any atom is -0.343 e. The van der Waals surface area contributed by atoms with Gasteiger partial charge in [0.2, 0.25) is 5.91 Å². The van der Waals surface area contributed by atoms with E-state index in [1.165, 1.54) is 6.08 Å². The molecule has 0 aliphatic carbocycles. The van der Waals surface area contributed by atoms with Gasteiger partial charge in [-0.2, -0.15) is 4.39 Å². The molecule has 0 bridgehead atoms. The van der Waals surface area contributed by atoms with Gasteiger partial charge in [0.05, 0.1) is 6.67 Å². The van der Waals surface area contributed by atoms with Crippen LogP contribution in [0.4, 0.5) is 4.39 Å². The van der Waals surface area contributed by atoms with Gasteiger partial charge in [0.15, 0.2) is 5.83 Å². The Morgan fingerprint density at radius 3 is 2.79 bits per heavy atom. The number of hydrogen-bond donors (Lipinski definition) is 2. The third kappa shape index (κ3) is 2.49. The van der Waals surface area contributed by atoms with Gasteiger partial charge in [-0.1, -0.05) is 0 Å². The molecule has 2 aliphatic heterocycles. The average Bonchev–Trinajstić information content (AvgIpc) is 2.74. The molecule has 2 rings (SSSR count). The molecule has 0 aromatic heterocycles. The lowest BCUT2D eigenvalue weighted by Crippen LogP contribution is -2.54. The number of rotatable bonds is 2. The maximum absolute atomic E-state index is 13.0. The summed E-state index contributed by atoms with van der Waals surface area (Å²) in [7, 11) is 0. The first-order valence-corrected chi connectivity index (χ1v) is 6.37. The summed E-state index contributed by atoms with van der Waals surface area (Å²) in [6, 6.07) is 0. The molecule has 0 radical (unpaired) electrons. The quantitative estimate of drug-likeness (QED) is 0.574. The van der Waals surface area contributed by atoms with Crippen molar-refractivity contribution in [3.63, 3.8) is 0 Å². The highest BCUT2D eigenvalue weighted by Crippen LogP contribution is 2.32. The summed E-state index contributed by atoms with van der Waals surface area (Å²) < 4.78 is 13.0. The minimum absolute atomic E-state index is 0.0585. The van der Waals surface area contributed by atoms with Crippen molar-refractivity contribution in [2.45, 2.75) is 25.3 Å². The number of halogens is 1. The van der Waals surface area contributed by atoms with Gasteiger partial charge in [0, 0.05) is 5.70 Å². The number of carbonyl (C=O) groups is 1. The molecule has 4 nitrogen and oxygen atoms in total. The van der Waals surface area contributed by atoms with Crippen molar-refractivity contribution in [3.05, 3.63) is 23.7 Å². The molecular formula is C14H18FN3O. The molecule has 2 fully saturated rings. The van der Waals surface area contributed by atoms with Gasteiger partial charge < -0.3 is 15.5 Å². The molecule has 19 heavy (non-hydrogen) atoms. The Hall–Kier alpha value is -1.80. The summed E-state index contributed by atoms with van der Waals surface area (Å²) in [4.78, 5) is 14.1. The second kappa shape index (κ2) is 5.45. The normalized spacial score (nSPS) is 23.4. The molecule has 2 saturated heterocycles. The third-order valence-corrected chi connectivity index (χ3v) is 3.80. The van der Waals surface area contributed by atoms with E-state index in [1.807, 2.05) is 17.7 Å². The molecule has 0 unspecified atom stereocenters. The van der Waals surface area contributed by atoms with Crippen LogP contribution in [-0.4, -0.2) is 36.1 Å². The molecule has 0 aromatic carbocycles. The topological polar surface area (TPSA) is 44.4 Å². The predicted molar refractivity (Wildman–Crippen MR) is 71.5 cm³/mol. The molecule has 1 amide bonds. The van der Waals surface area contributed by atoms with Crippen LogP contribution in [0.25, 0.3) is 0 Å². The molecule has 2 N–H and O–H groups in total. The van der Waals surface area contributed by atoms with Crippen LogP contribution in [0, 0.1) is 12.3 Å². The van der Waals surface area contributed by atoms with Gasteiger partial charge in [-0.3, -0.25) is 4.79 Å². The maximum Gasteiger partial charge on any atom is 0.247 e. The summed E-state index contributed by atoms with van der Waals surface area (Å²) in [5.74, 6) is 1.37. The number of nitrogens with one attached hydrogen (secondary N) is 2. The molecule has 0 atom stereocenters. The van der Waals surface area contributed by atoms with Crippen LogP contribution in [0.15, 0.2) is 23.7 Å². The maximum atomic E-state index is 13.0. The lowest BCUT2D eigenvalue weighted by molar-refractivity contribution is -0.127. The Kier molecular flexibility index (Phi) is 3.91. The Morgan fingerprint density at radius 2 is 2.16 bits per heavy atom. The number of nitrogens with zero attached hydrogens (tertiary/aromatic N) is 1. The van der Waals surface area contributed by atoms with Gasteiger partial charge >= 0.3 is 0 Å². The Bertz CT molecular complexity index is 470. The van der Waals surface area contributed by atoms with Crippen LogP contribution in [0.5, 0.6) is 0 Å². The second-order valence-electron chi connectivity index (χ2n) is 4.84. The molecule has 2 heterocycles. The van der Waals surface area contributed by atoms with Crippen LogP contribution in [0.2, 0.25) is 0 Å². The van der Waals surface area contributed by atoms with Crippen LogP contribution < -0.4 is 10.6 Å². The summed E-state index contributed by atoms with van der Waals surface area (Å²) in [6.07, 6.45) is 9.35. The van der Waals surface area contributed by atoms with Crippen molar-refractivity contribution in [2.75, 3.05) is 19.8 Å². The Balaban J connectivity index is 2.23. The smallest absolute Gasteiger partial charge is 0.247 e. The van der Waals surface area contributed by atoms with Gasteiger partial charge in [-0.05, 0) is 50.9 Å². The van der Waals surface area contributed by atoms with E-state index in [0.29, 0.717) is 6.67 Å². The van der Waals surface area contributed by atoms with E-state index in [2.05, 4.69) is 10.6 Å².